The second-order valence-electron chi connectivity index (χ2n) is 6.61. The summed E-state index contributed by atoms with van der Waals surface area (Å²) in [6.45, 7) is 0.0796. The van der Waals surface area contributed by atoms with Gasteiger partial charge in [0.25, 0.3) is 5.91 Å². The van der Waals surface area contributed by atoms with Crippen LogP contribution in [0.2, 0.25) is 0 Å². The summed E-state index contributed by atoms with van der Waals surface area (Å²) in [7, 11) is 0. The lowest BCUT2D eigenvalue weighted by Crippen LogP contribution is -2.33. The van der Waals surface area contributed by atoms with Crippen LogP contribution in [-0.2, 0) is 16.1 Å². The normalized spacial score (nSPS) is 10.7. The molecular weight excluding hydrogens is 417 g/mol. The van der Waals surface area contributed by atoms with Crippen molar-refractivity contribution in [2.24, 2.45) is 5.73 Å². The number of amides is 3. The number of nitrogens with two attached hydrogens (primary N) is 1. The van der Waals surface area contributed by atoms with E-state index in [4.69, 9.17) is 5.73 Å². The number of primary amides is 1. The average molecular weight is 437 g/mol. The molecule has 4 N–H and O–H groups in total. The number of nitrogens with one attached hydrogen (secondary N) is 2. The molecule has 0 saturated carbocycles. The summed E-state index contributed by atoms with van der Waals surface area (Å²) in [5.74, 6) is -1.54. The van der Waals surface area contributed by atoms with Crippen molar-refractivity contribution in [3.8, 4) is 10.4 Å². The quantitative estimate of drug-likeness (QED) is 0.472. The third kappa shape index (κ3) is 6.61. The zero-order valence-electron chi connectivity index (χ0n) is 16.4. The van der Waals surface area contributed by atoms with Crippen molar-refractivity contribution in [1.29, 1.82) is 0 Å². The number of carbonyl (C=O) groups excluding carboxylic acids is 3. The molecule has 0 radical (unpaired) electrons. The van der Waals surface area contributed by atoms with Gasteiger partial charge < -0.3 is 16.4 Å². The predicted molar refractivity (Wildman–Crippen MR) is 119 cm³/mol. The Bertz CT molecular complexity index is 1110. The van der Waals surface area contributed by atoms with Crippen molar-refractivity contribution in [1.82, 2.24) is 10.6 Å². The Morgan fingerprint density at radius 2 is 1.65 bits per heavy atom. The van der Waals surface area contributed by atoms with Crippen molar-refractivity contribution in [2.75, 3.05) is 6.54 Å². The molecule has 1 aromatic heterocycles. The van der Waals surface area contributed by atoms with Crippen LogP contribution >= 0.6 is 11.3 Å². The minimum Gasteiger partial charge on any atom is -0.368 e. The van der Waals surface area contributed by atoms with E-state index in [1.165, 1.54) is 29.5 Å². The molecule has 2 aromatic carbocycles. The molecule has 6 nitrogen and oxygen atoms in total. The van der Waals surface area contributed by atoms with Gasteiger partial charge in [-0.15, -0.1) is 11.3 Å². The Labute approximate surface area is 182 Å². The average Bonchev–Trinajstić information content (AvgIpc) is 3.24. The predicted octanol–water partition coefficient (Wildman–Crippen LogP) is 3.10. The van der Waals surface area contributed by atoms with Gasteiger partial charge in [-0.3, -0.25) is 14.4 Å². The fraction of sp³-hybridized carbons (Fsp3) is 0.0870. The summed E-state index contributed by atoms with van der Waals surface area (Å²) in [6.07, 6.45) is 3.17. The van der Waals surface area contributed by atoms with Gasteiger partial charge in [-0.2, -0.15) is 0 Å². The second-order valence-corrected chi connectivity index (χ2v) is 7.72. The molecule has 31 heavy (non-hydrogen) atoms. The smallest absolute Gasteiger partial charge is 0.251 e. The van der Waals surface area contributed by atoms with Gasteiger partial charge in [0, 0.05) is 27.9 Å². The highest BCUT2D eigenvalue weighted by molar-refractivity contribution is 7.16. The summed E-state index contributed by atoms with van der Waals surface area (Å²) in [4.78, 5) is 36.5. The number of benzene rings is 2. The molecule has 8 heteroatoms. The minimum atomic E-state index is -0.616. The van der Waals surface area contributed by atoms with Gasteiger partial charge in [0.1, 0.15) is 5.82 Å². The van der Waals surface area contributed by atoms with E-state index in [-0.39, 0.29) is 18.3 Å². The van der Waals surface area contributed by atoms with Gasteiger partial charge in [-0.25, -0.2) is 4.39 Å². The van der Waals surface area contributed by atoms with Crippen LogP contribution in [0.4, 0.5) is 4.39 Å². The molecule has 0 atom stereocenters. The van der Waals surface area contributed by atoms with E-state index in [2.05, 4.69) is 10.6 Å². The molecule has 0 aliphatic heterocycles. The number of halogens is 1. The Hall–Kier alpha value is -3.78. The fourth-order valence-corrected chi connectivity index (χ4v) is 3.58. The van der Waals surface area contributed by atoms with E-state index < -0.39 is 11.8 Å². The van der Waals surface area contributed by atoms with Crippen LogP contribution in [0.3, 0.4) is 0 Å². The number of carbonyl (C=O) groups is 3. The van der Waals surface area contributed by atoms with E-state index in [9.17, 15) is 18.8 Å². The first-order valence-corrected chi connectivity index (χ1v) is 10.2. The van der Waals surface area contributed by atoms with Gasteiger partial charge in [-0.05, 0) is 53.6 Å². The molecule has 3 aromatic rings. The van der Waals surface area contributed by atoms with Crippen LogP contribution < -0.4 is 16.4 Å². The first-order valence-electron chi connectivity index (χ1n) is 9.38. The second kappa shape index (κ2) is 10.3. The Morgan fingerprint density at radius 1 is 0.935 bits per heavy atom. The van der Waals surface area contributed by atoms with Crippen molar-refractivity contribution in [3.05, 3.63) is 88.6 Å². The lowest BCUT2D eigenvalue weighted by molar-refractivity contribution is -0.117. The van der Waals surface area contributed by atoms with E-state index in [0.717, 1.165) is 20.9 Å². The fourth-order valence-electron chi connectivity index (χ4n) is 2.66. The highest BCUT2D eigenvalue weighted by Gasteiger charge is 2.07. The molecule has 0 unspecified atom stereocenters. The Balaban J connectivity index is 1.50. The molecule has 3 rings (SSSR count). The number of thiophene rings is 1. The molecule has 0 spiro atoms. The molecule has 0 aliphatic rings. The summed E-state index contributed by atoms with van der Waals surface area (Å²) in [5.41, 5.74) is 7.13. The maximum Gasteiger partial charge on any atom is 0.251 e. The van der Waals surface area contributed by atoms with Crippen molar-refractivity contribution >= 4 is 35.1 Å². The van der Waals surface area contributed by atoms with Crippen molar-refractivity contribution < 1.29 is 18.8 Å². The van der Waals surface area contributed by atoms with Crippen LogP contribution in [0.1, 0.15) is 20.8 Å². The van der Waals surface area contributed by atoms with E-state index in [1.54, 1.807) is 42.5 Å². The molecule has 0 saturated heterocycles. The molecule has 158 valence electrons. The third-order valence-corrected chi connectivity index (χ3v) is 5.36. The summed E-state index contributed by atoms with van der Waals surface area (Å²) < 4.78 is 13.0. The SMILES string of the molecule is NC(=O)CNC(=O)c1ccc(CNC(=O)/C=C/c2ccc(-c3ccc(F)cc3)s2)cc1. The van der Waals surface area contributed by atoms with Gasteiger partial charge in [-0.1, -0.05) is 24.3 Å². The van der Waals surface area contributed by atoms with Crippen LogP contribution in [0, 0.1) is 5.82 Å². The van der Waals surface area contributed by atoms with E-state index in [1.807, 2.05) is 12.1 Å². The van der Waals surface area contributed by atoms with Crippen LogP contribution in [0.25, 0.3) is 16.5 Å². The maximum atomic E-state index is 13.0. The lowest BCUT2D eigenvalue weighted by atomic mass is 10.1. The number of hydrogen-bond acceptors (Lipinski definition) is 4. The van der Waals surface area contributed by atoms with E-state index >= 15 is 0 Å². The zero-order chi connectivity index (χ0) is 22.2. The monoisotopic (exact) mass is 437 g/mol. The molecule has 1 heterocycles. The Kier molecular flexibility index (Phi) is 7.29. The first kappa shape index (κ1) is 21.9. The summed E-state index contributed by atoms with van der Waals surface area (Å²) >= 11 is 1.50. The maximum absolute atomic E-state index is 13.0. The standard InChI is InChI=1S/C23H20FN3O3S/c24-18-7-5-16(6-8-18)20-11-9-19(31-20)10-12-22(29)26-13-15-1-3-17(4-2-15)23(30)27-14-21(25)28/h1-12H,13-14H2,(H2,25,28)(H,26,29)(H,27,30)/b12-10+. The van der Waals surface area contributed by atoms with Gasteiger partial charge in [0.05, 0.1) is 6.54 Å². The van der Waals surface area contributed by atoms with Crippen molar-refractivity contribution in [3.63, 3.8) is 0 Å². The van der Waals surface area contributed by atoms with Crippen LogP contribution in [0.15, 0.2) is 66.7 Å². The van der Waals surface area contributed by atoms with E-state index in [0.29, 0.717) is 12.1 Å². The van der Waals surface area contributed by atoms with Crippen molar-refractivity contribution in [2.45, 2.75) is 6.54 Å². The Morgan fingerprint density at radius 3 is 2.32 bits per heavy atom. The largest absolute Gasteiger partial charge is 0.368 e. The molecule has 0 bridgehead atoms. The topological polar surface area (TPSA) is 101 Å². The molecular formula is C23H20FN3O3S. The zero-order valence-corrected chi connectivity index (χ0v) is 17.2. The molecule has 3 amide bonds. The lowest BCUT2D eigenvalue weighted by Gasteiger charge is -2.05. The summed E-state index contributed by atoms with van der Waals surface area (Å²) in [6, 6.07) is 16.7. The molecule has 0 fully saturated rings. The highest BCUT2D eigenvalue weighted by atomic mass is 32.1. The summed E-state index contributed by atoms with van der Waals surface area (Å²) in [5, 5.41) is 5.19. The highest BCUT2D eigenvalue weighted by Crippen LogP contribution is 2.28. The van der Waals surface area contributed by atoms with Gasteiger partial charge >= 0.3 is 0 Å². The van der Waals surface area contributed by atoms with Gasteiger partial charge in [0.2, 0.25) is 11.8 Å². The third-order valence-electron chi connectivity index (χ3n) is 4.26. The number of hydrogen-bond donors (Lipinski definition) is 3. The van der Waals surface area contributed by atoms with Crippen LogP contribution in [-0.4, -0.2) is 24.3 Å². The number of rotatable bonds is 8. The van der Waals surface area contributed by atoms with Crippen LogP contribution in [0.5, 0.6) is 0 Å². The van der Waals surface area contributed by atoms with Gasteiger partial charge in [0.15, 0.2) is 0 Å². The first-order chi connectivity index (χ1) is 14.9. The molecule has 0 aliphatic carbocycles. The minimum absolute atomic E-state index is 0.224.